The number of methoxy groups -OCH3 is 1. The average molecular weight is 395 g/mol. The number of rotatable bonds is 8. The lowest BCUT2D eigenvalue weighted by molar-refractivity contribution is 0.0759. The highest BCUT2D eigenvalue weighted by Gasteiger charge is 2.17. The van der Waals surface area contributed by atoms with Crippen LogP contribution in [-0.2, 0) is 13.1 Å². The van der Waals surface area contributed by atoms with E-state index in [0.717, 1.165) is 17.0 Å². The second-order valence-electron chi connectivity index (χ2n) is 6.46. The predicted molar refractivity (Wildman–Crippen MR) is 113 cm³/mol. The van der Waals surface area contributed by atoms with Crippen molar-refractivity contribution >= 4 is 17.5 Å². The van der Waals surface area contributed by atoms with Crippen LogP contribution < -0.4 is 4.74 Å². The Bertz CT molecular complexity index is 947. The summed E-state index contributed by atoms with van der Waals surface area (Å²) in [5.41, 5.74) is 2.78. The van der Waals surface area contributed by atoms with Crippen LogP contribution in [0.25, 0.3) is 0 Å². The summed E-state index contributed by atoms with van der Waals surface area (Å²) in [6, 6.07) is 19.0. The maximum atomic E-state index is 13.0. The quantitative estimate of drug-likeness (QED) is 0.502. The van der Waals surface area contributed by atoms with Gasteiger partial charge in [-0.05, 0) is 54.1 Å². The number of hydrogen-bond acceptors (Lipinski definition) is 2. The molecule has 0 spiro atoms. The van der Waals surface area contributed by atoms with Crippen molar-refractivity contribution in [2.75, 3.05) is 13.7 Å². The molecule has 0 aliphatic rings. The summed E-state index contributed by atoms with van der Waals surface area (Å²) in [6.45, 7) is 5.45. The van der Waals surface area contributed by atoms with Gasteiger partial charge in [-0.2, -0.15) is 0 Å². The molecule has 0 bridgehead atoms. The van der Waals surface area contributed by atoms with E-state index in [1.807, 2.05) is 42.6 Å². The Labute approximate surface area is 170 Å². The third kappa shape index (κ3) is 4.84. The number of nitrogens with zero attached hydrogens (tertiary/aromatic N) is 2. The molecule has 5 heteroatoms. The molecule has 0 aliphatic carbocycles. The number of benzene rings is 2. The van der Waals surface area contributed by atoms with E-state index in [1.165, 1.54) is 0 Å². The molecule has 2 aromatic carbocycles. The molecular formula is C23H23ClN2O2. The SMILES string of the molecule is C=CCN(Cc1cccn1Cc1cccc(Cl)c1)C(=O)c1ccc(OC)cc1. The van der Waals surface area contributed by atoms with E-state index >= 15 is 0 Å². The van der Waals surface area contributed by atoms with E-state index in [0.29, 0.717) is 30.2 Å². The minimum atomic E-state index is -0.0435. The van der Waals surface area contributed by atoms with E-state index in [9.17, 15) is 4.79 Å². The number of ether oxygens (including phenoxy) is 1. The van der Waals surface area contributed by atoms with E-state index < -0.39 is 0 Å². The van der Waals surface area contributed by atoms with Crippen molar-refractivity contribution in [3.63, 3.8) is 0 Å². The lowest BCUT2D eigenvalue weighted by atomic mass is 10.2. The molecule has 1 amide bonds. The van der Waals surface area contributed by atoms with Gasteiger partial charge in [0.05, 0.1) is 13.7 Å². The minimum absolute atomic E-state index is 0.0435. The second kappa shape index (κ2) is 9.29. The molecule has 0 saturated carbocycles. The van der Waals surface area contributed by atoms with Gasteiger partial charge in [0.1, 0.15) is 5.75 Å². The maximum Gasteiger partial charge on any atom is 0.254 e. The Balaban J connectivity index is 1.78. The molecule has 0 aliphatic heterocycles. The molecule has 0 N–H and O–H groups in total. The van der Waals surface area contributed by atoms with E-state index in [4.69, 9.17) is 16.3 Å². The Morgan fingerprint density at radius 2 is 1.96 bits per heavy atom. The molecule has 0 radical (unpaired) electrons. The Morgan fingerprint density at radius 1 is 1.18 bits per heavy atom. The molecule has 144 valence electrons. The summed E-state index contributed by atoms with van der Waals surface area (Å²) in [4.78, 5) is 14.8. The number of aromatic nitrogens is 1. The standard InChI is InChI=1S/C23H23ClN2O2/c1-3-13-26(23(27)19-9-11-22(28-2)12-10-19)17-21-8-5-14-25(21)16-18-6-4-7-20(24)15-18/h3-12,14-15H,1,13,16-17H2,2H3. The summed E-state index contributed by atoms with van der Waals surface area (Å²) in [5.74, 6) is 0.681. The average Bonchev–Trinajstić information content (AvgIpc) is 3.14. The molecular weight excluding hydrogens is 372 g/mol. The van der Waals surface area contributed by atoms with Crippen molar-refractivity contribution in [2.45, 2.75) is 13.1 Å². The molecule has 0 fully saturated rings. The van der Waals surface area contributed by atoms with Crippen molar-refractivity contribution in [2.24, 2.45) is 0 Å². The normalized spacial score (nSPS) is 10.5. The molecule has 3 rings (SSSR count). The Hall–Kier alpha value is -2.98. The van der Waals surface area contributed by atoms with Gasteiger partial charge in [-0.3, -0.25) is 4.79 Å². The highest BCUT2D eigenvalue weighted by atomic mass is 35.5. The molecule has 0 unspecified atom stereocenters. The number of hydrogen-bond donors (Lipinski definition) is 0. The highest BCUT2D eigenvalue weighted by molar-refractivity contribution is 6.30. The third-order valence-corrected chi connectivity index (χ3v) is 4.73. The highest BCUT2D eigenvalue weighted by Crippen LogP contribution is 2.17. The van der Waals surface area contributed by atoms with Crippen LogP contribution in [0.3, 0.4) is 0 Å². The molecule has 4 nitrogen and oxygen atoms in total. The first-order valence-electron chi connectivity index (χ1n) is 9.03. The zero-order chi connectivity index (χ0) is 19.9. The summed E-state index contributed by atoms with van der Waals surface area (Å²) in [6.07, 6.45) is 3.76. The van der Waals surface area contributed by atoms with Crippen LogP contribution in [0.5, 0.6) is 5.75 Å². The predicted octanol–water partition coefficient (Wildman–Crippen LogP) is 5.03. The molecule has 1 aromatic heterocycles. The fraction of sp³-hybridized carbons (Fsp3) is 0.174. The zero-order valence-corrected chi connectivity index (χ0v) is 16.6. The third-order valence-electron chi connectivity index (χ3n) is 4.49. The van der Waals surface area contributed by atoms with Gasteiger partial charge in [-0.1, -0.05) is 29.8 Å². The van der Waals surface area contributed by atoms with Gasteiger partial charge in [-0.15, -0.1) is 6.58 Å². The Kier molecular flexibility index (Phi) is 6.56. The summed E-state index contributed by atoms with van der Waals surface area (Å²) < 4.78 is 7.30. The van der Waals surface area contributed by atoms with Crippen molar-refractivity contribution in [3.05, 3.63) is 101 Å². The van der Waals surface area contributed by atoms with Crippen LogP contribution in [0, 0.1) is 0 Å². The topological polar surface area (TPSA) is 34.5 Å². The van der Waals surface area contributed by atoms with E-state index in [-0.39, 0.29) is 5.91 Å². The lowest BCUT2D eigenvalue weighted by Gasteiger charge is -2.22. The van der Waals surface area contributed by atoms with Crippen LogP contribution >= 0.6 is 11.6 Å². The van der Waals surface area contributed by atoms with Crippen molar-refractivity contribution < 1.29 is 9.53 Å². The number of carbonyl (C=O) groups is 1. The minimum Gasteiger partial charge on any atom is -0.497 e. The van der Waals surface area contributed by atoms with Gasteiger partial charge in [0, 0.05) is 35.6 Å². The maximum absolute atomic E-state index is 13.0. The Morgan fingerprint density at radius 3 is 2.64 bits per heavy atom. The number of amides is 1. The fourth-order valence-corrected chi connectivity index (χ4v) is 3.28. The molecule has 3 aromatic rings. The first kappa shape index (κ1) is 19.8. The van der Waals surface area contributed by atoms with Crippen LogP contribution in [0.2, 0.25) is 5.02 Å². The zero-order valence-electron chi connectivity index (χ0n) is 15.8. The van der Waals surface area contributed by atoms with Gasteiger partial charge in [0.2, 0.25) is 0 Å². The van der Waals surface area contributed by atoms with Crippen LogP contribution in [0.1, 0.15) is 21.6 Å². The number of halogens is 1. The summed E-state index contributed by atoms with van der Waals surface area (Å²) in [7, 11) is 1.61. The van der Waals surface area contributed by atoms with Gasteiger partial charge in [-0.25, -0.2) is 0 Å². The largest absolute Gasteiger partial charge is 0.497 e. The molecule has 1 heterocycles. The van der Waals surface area contributed by atoms with Gasteiger partial charge in [0.15, 0.2) is 0 Å². The lowest BCUT2D eigenvalue weighted by Crippen LogP contribution is -2.31. The monoisotopic (exact) mass is 394 g/mol. The van der Waals surface area contributed by atoms with E-state index in [1.54, 1.807) is 42.4 Å². The fourth-order valence-electron chi connectivity index (χ4n) is 3.07. The van der Waals surface area contributed by atoms with Crippen molar-refractivity contribution in [1.29, 1.82) is 0 Å². The van der Waals surface area contributed by atoms with Crippen molar-refractivity contribution in [3.8, 4) is 5.75 Å². The molecule has 0 saturated heterocycles. The smallest absolute Gasteiger partial charge is 0.254 e. The second-order valence-corrected chi connectivity index (χ2v) is 6.90. The van der Waals surface area contributed by atoms with Gasteiger partial charge in [0.25, 0.3) is 5.91 Å². The van der Waals surface area contributed by atoms with Crippen LogP contribution in [0.4, 0.5) is 0 Å². The number of carbonyl (C=O) groups excluding carboxylic acids is 1. The summed E-state index contributed by atoms with van der Waals surface area (Å²) in [5, 5.41) is 0.717. The van der Waals surface area contributed by atoms with Crippen LogP contribution in [-0.4, -0.2) is 29.0 Å². The summed E-state index contributed by atoms with van der Waals surface area (Å²) >= 11 is 6.10. The van der Waals surface area contributed by atoms with Gasteiger partial charge >= 0.3 is 0 Å². The van der Waals surface area contributed by atoms with Crippen LogP contribution in [0.15, 0.2) is 79.5 Å². The molecule has 28 heavy (non-hydrogen) atoms. The van der Waals surface area contributed by atoms with E-state index in [2.05, 4.69) is 11.1 Å². The first-order valence-corrected chi connectivity index (χ1v) is 9.41. The first-order chi connectivity index (χ1) is 13.6. The molecule has 0 atom stereocenters. The van der Waals surface area contributed by atoms with Crippen molar-refractivity contribution in [1.82, 2.24) is 9.47 Å². The van der Waals surface area contributed by atoms with Gasteiger partial charge < -0.3 is 14.2 Å².